The highest BCUT2D eigenvalue weighted by atomic mass is 35.5. The SMILES string of the molecule is CNC(c1ccc2ccccc2c1)c1ccc(C)cc1Cl. The highest BCUT2D eigenvalue weighted by Crippen LogP contribution is 2.30. The monoisotopic (exact) mass is 295 g/mol. The first-order valence-corrected chi connectivity index (χ1v) is 7.49. The number of rotatable bonds is 3. The van der Waals surface area contributed by atoms with Crippen LogP contribution in [0.25, 0.3) is 10.8 Å². The zero-order valence-electron chi connectivity index (χ0n) is 12.2. The molecule has 0 saturated carbocycles. The van der Waals surface area contributed by atoms with E-state index in [-0.39, 0.29) is 6.04 Å². The fourth-order valence-electron chi connectivity index (χ4n) is 2.76. The average molecular weight is 296 g/mol. The summed E-state index contributed by atoms with van der Waals surface area (Å²) in [5, 5.41) is 6.69. The number of hydrogen-bond acceptors (Lipinski definition) is 1. The van der Waals surface area contributed by atoms with Crippen LogP contribution in [-0.4, -0.2) is 7.05 Å². The summed E-state index contributed by atoms with van der Waals surface area (Å²) < 4.78 is 0. The lowest BCUT2D eigenvalue weighted by atomic mass is 9.95. The van der Waals surface area contributed by atoms with E-state index in [1.165, 1.54) is 21.9 Å². The molecule has 0 spiro atoms. The number of nitrogens with one attached hydrogen (secondary N) is 1. The molecule has 0 aliphatic carbocycles. The first kappa shape index (κ1) is 14.1. The Morgan fingerprint density at radius 2 is 1.67 bits per heavy atom. The summed E-state index contributed by atoms with van der Waals surface area (Å²) in [5.74, 6) is 0. The van der Waals surface area contributed by atoms with Crippen LogP contribution in [0.4, 0.5) is 0 Å². The van der Waals surface area contributed by atoms with Crippen LogP contribution in [0.5, 0.6) is 0 Å². The van der Waals surface area contributed by atoms with Crippen molar-refractivity contribution in [3.63, 3.8) is 0 Å². The van der Waals surface area contributed by atoms with E-state index in [0.717, 1.165) is 10.6 Å². The number of halogens is 1. The van der Waals surface area contributed by atoms with Gasteiger partial charge in [0.25, 0.3) is 0 Å². The van der Waals surface area contributed by atoms with Gasteiger partial charge in [-0.05, 0) is 53.6 Å². The summed E-state index contributed by atoms with van der Waals surface area (Å²) in [4.78, 5) is 0. The van der Waals surface area contributed by atoms with Crippen LogP contribution in [0.3, 0.4) is 0 Å². The van der Waals surface area contributed by atoms with Gasteiger partial charge in [0.05, 0.1) is 6.04 Å². The summed E-state index contributed by atoms with van der Waals surface area (Å²) in [6.07, 6.45) is 0. The molecule has 2 heteroatoms. The van der Waals surface area contributed by atoms with Gasteiger partial charge in [-0.25, -0.2) is 0 Å². The van der Waals surface area contributed by atoms with Crippen LogP contribution in [0, 0.1) is 6.92 Å². The third-order valence-corrected chi connectivity index (χ3v) is 4.19. The van der Waals surface area contributed by atoms with Gasteiger partial charge in [-0.15, -0.1) is 0 Å². The minimum absolute atomic E-state index is 0.0997. The van der Waals surface area contributed by atoms with E-state index in [0.29, 0.717) is 0 Å². The Morgan fingerprint density at radius 3 is 2.38 bits per heavy atom. The number of hydrogen-bond donors (Lipinski definition) is 1. The molecular formula is C19H18ClN. The maximum absolute atomic E-state index is 6.43. The molecule has 3 rings (SSSR count). The lowest BCUT2D eigenvalue weighted by molar-refractivity contribution is 0.693. The molecule has 1 unspecified atom stereocenters. The molecule has 1 atom stereocenters. The largest absolute Gasteiger partial charge is 0.309 e. The van der Waals surface area contributed by atoms with Crippen molar-refractivity contribution in [2.45, 2.75) is 13.0 Å². The summed E-state index contributed by atoms with van der Waals surface area (Å²) in [6, 6.07) is 21.3. The Morgan fingerprint density at radius 1 is 0.905 bits per heavy atom. The predicted octanol–water partition coefficient (Wildman–Crippen LogP) is 5.11. The summed E-state index contributed by atoms with van der Waals surface area (Å²) in [5.41, 5.74) is 3.51. The summed E-state index contributed by atoms with van der Waals surface area (Å²) in [7, 11) is 1.97. The Bertz CT molecular complexity index is 779. The molecule has 0 amide bonds. The van der Waals surface area contributed by atoms with Gasteiger partial charge in [0.15, 0.2) is 0 Å². The molecule has 1 N–H and O–H groups in total. The number of fused-ring (bicyclic) bond motifs is 1. The molecule has 0 bridgehead atoms. The second-order valence-electron chi connectivity index (χ2n) is 5.35. The third kappa shape index (κ3) is 2.80. The highest BCUT2D eigenvalue weighted by Gasteiger charge is 2.15. The van der Waals surface area contributed by atoms with E-state index in [1.54, 1.807) is 0 Å². The van der Waals surface area contributed by atoms with E-state index in [9.17, 15) is 0 Å². The van der Waals surface area contributed by atoms with Gasteiger partial charge in [0.2, 0.25) is 0 Å². The quantitative estimate of drug-likeness (QED) is 0.708. The van der Waals surface area contributed by atoms with Crippen molar-refractivity contribution in [1.29, 1.82) is 0 Å². The molecule has 3 aromatic rings. The molecule has 1 nitrogen and oxygen atoms in total. The molecule has 0 aliphatic heterocycles. The van der Waals surface area contributed by atoms with Crippen LogP contribution >= 0.6 is 11.6 Å². The molecule has 106 valence electrons. The van der Waals surface area contributed by atoms with Crippen LogP contribution in [0.15, 0.2) is 60.7 Å². The predicted molar refractivity (Wildman–Crippen MR) is 91.0 cm³/mol. The Labute approximate surface area is 130 Å². The van der Waals surface area contributed by atoms with E-state index in [4.69, 9.17) is 11.6 Å². The Kier molecular flexibility index (Phi) is 3.96. The van der Waals surface area contributed by atoms with Crippen LogP contribution < -0.4 is 5.32 Å². The van der Waals surface area contributed by atoms with Gasteiger partial charge < -0.3 is 5.32 Å². The van der Waals surface area contributed by atoms with Crippen molar-refractivity contribution in [3.05, 3.63) is 82.4 Å². The third-order valence-electron chi connectivity index (χ3n) is 3.86. The van der Waals surface area contributed by atoms with Crippen LogP contribution in [-0.2, 0) is 0 Å². The first-order valence-electron chi connectivity index (χ1n) is 7.11. The molecule has 0 aromatic heterocycles. The van der Waals surface area contributed by atoms with Gasteiger partial charge in [-0.3, -0.25) is 0 Å². The Balaban J connectivity index is 2.09. The molecule has 0 aliphatic rings. The lowest BCUT2D eigenvalue weighted by Crippen LogP contribution is -2.18. The smallest absolute Gasteiger partial charge is 0.0589 e. The normalized spacial score (nSPS) is 12.5. The van der Waals surface area contributed by atoms with Crippen molar-refractivity contribution in [2.75, 3.05) is 7.05 Å². The van der Waals surface area contributed by atoms with E-state index < -0.39 is 0 Å². The first-order chi connectivity index (χ1) is 10.2. The van der Waals surface area contributed by atoms with E-state index in [2.05, 4.69) is 66.8 Å². The van der Waals surface area contributed by atoms with Crippen molar-refractivity contribution in [2.24, 2.45) is 0 Å². The minimum Gasteiger partial charge on any atom is -0.309 e. The van der Waals surface area contributed by atoms with Crippen molar-refractivity contribution in [1.82, 2.24) is 5.32 Å². The number of aryl methyl sites for hydroxylation is 1. The molecule has 0 radical (unpaired) electrons. The van der Waals surface area contributed by atoms with Gasteiger partial charge in [0, 0.05) is 5.02 Å². The van der Waals surface area contributed by atoms with Gasteiger partial charge >= 0.3 is 0 Å². The average Bonchev–Trinajstić information content (AvgIpc) is 2.50. The van der Waals surface area contributed by atoms with E-state index in [1.807, 2.05) is 13.1 Å². The maximum Gasteiger partial charge on any atom is 0.0589 e. The lowest BCUT2D eigenvalue weighted by Gasteiger charge is -2.19. The Hall–Kier alpha value is -1.83. The highest BCUT2D eigenvalue weighted by molar-refractivity contribution is 6.31. The molecule has 3 aromatic carbocycles. The molecule has 21 heavy (non-hydrogen) atoms. The van der Waals surface area contributed by atoms with Gasteiger partial charge in [-0.2, -0.15) is 0 Å². The minimum atomic E-state index is 0.0997. The zero-order chi connectivity index (χ0) is 14.8. The topological polar surface area (TPSA) is 12.0 Å². The van der Waals surface area contributed by atoms with Crippen molar-refractivity contribution >= 4 is 22.4 Å². The maximum atomic E-state index is 6.43. The molecular weight excluding hydrogens is 278 g/mol. The van der Waals surface area contributed by atoms with E-state index >= 15 is 0 Å². The zero-order valence-corrected chi connectivity index (χ0v) is 13.0. The second kappa shape index (κ2) is 5.88. The van der Waals surface area contributed by atoms with Crippen LogP contribution in [0.1, 0.15) is 22.7 Å². The fraction of sp³-hybridized carbons (Fsp3) is 0.158. The summed E-state index contributed by atoms with van der Waals surface area (Å²) >= 11 is 6.43. The standard InChI is InChI=1S/C19H18ClN/c1-13-7-10-17(18(20)11-13)19(21-2)16-9-8-14-5-3-4-6-15(14)12-16/h3-12,19,21H,1-2H3. The van der Waals surface area contributed by atoms with Crippen LogP contribution in [0.2, 0.25) is 5.02 Å². The molecule has 0 heterocycles. The second-order valence-corrected chi connectivity index (χ2v) is 5.76. The molecule has 0 saturated heterocycles. The molecule has 0 fully saturated rings. The summed E-state index contributed by atoms with van der Waals surface area (Å²) in [6.45, 7) is 2.06. The fourth-order valence-corrected chi connectivity index (χ4v) is 3.10. The van der Waals surface area contributed by atoms with Crippen molar-refractivity contribution in [3.8, 4) is 0 Å². The van der Waals surface area contributed by atoms with Gasteiger partial charge in [-0.1, -0.05) is 60.1 Å². The number of benzene rings is 3. The van der Waals surface area contributed by atoms with Gasteiger partial charge in [0.1, 0.15) is 0 Å². The van der Waals surface area contributed by atoms with Crippen molar-refractivity contribution < 1.29 is 0 Å².